The quantitative estimate of drug-likeness (QED) is 0.831. The van der Waals surface area contributed by atoms with E-state index >= 15 is 0 Å². The van der Waals surface area contributed by atoms with Crippen LogP contribution in [0, 0.1) is 12.8 Å². The van der Waals surface area contributed by atoms with Crippen LogP contribution >= 0.6 is 0 Å². The number of benzene rings is 1. The third kappa shape index (κ3) is 3.82. The largest absolute Gasteiger partial charge is 0.381 e. The molecule has 100 valence electrons. The van der Waals surface area contributed by atoms with E-state index in [1.807, 2.05) is 0 Å². The molecular weight excluding hydrogens is 222 g/mol. The number of nitrogens with one attached hydrogen (secondary N) is 1. The van der Waals surface area contributed by atoms with Gasteiger partial charge in [0.2, 0.25) is 0 Å². The normalized spacial score (nSPS) is 21.1. The van der Waals surface area contributed by atoms with Gasteiger partial charge in [-0.25, -0.2) is 0 Å². The second-order valence-electron chi connectivity index (χ2n) is 5.38. The molecule has 2 nitrogen and oxygen atoms in total. The molecule has 1 fully saturated rings. The predicted octanol–water partition coefficient (Wildman–Crippen LogP) is 3.46. The fourth-order valence-corrected chi connectivity index (χ4v) is 2.56. The highest BCUT2D eigenvalue weighted by molar-refractivity contribution is 5.24. The number of hydrogen-bond acceptors (Lipinski definition) is 2. The molecule has 0 amide bonds. The van der Waals surface area contributed by atoms with E-state index in [1.165, 1.54) is 30.4 Å². The first kappa shape index (κ1) is 13.6. The van der Waals surface area contributed by atoms with Crippen LogP contribution in [0.5, 0.6) is 0 Å². The van der Waals surface area contributed by atoms with Gasteiger partial charge in [0, 0.05) is 19.3 Å². The highest BCUT2D eigenvalue weighted by Gasteiger charge is 2.21. The van der Waals surface area contributed by atoms with E-state index in [0.29, 0.717) is 6.04 Å². The van der Waals surface area contributed by atoms with Crippen molar-refractivity contribution in [3.63, 3.8) is 0 Å². The van der Waals surface area contributed by atoms with E-state index in [1.54, 1.807) is 0 Å². The van der Waals surface area contributed by atoms with Gasteiger partial charge in [0.1, 0.15) is 0 Å². The van der Waals surface area contributed by atoms with Crippen molar-refractivity contribution in [3.8, 4) is 0 Å². The summed E-state index contributed by atoms with van der Waals surface area (Å²) in [7, 11) is 0. The number of ether oxygens (including phenoxy) is 1. The number of rotatable bonds is 6. The standard InChI is InChI=1S/C16H25NO/c1-3-9-17-16(11-14-8-10-18-12-14)15-6-4-13(2)5-7-15/h4-7,14,16-17H,3,8-12H2,1-2H3. The molecule has 1 aliphatic rings. The molecule has 0 saturated carbocycles. The molecule has 0 spiro atoms. The Bertz CT molecular complexity index is 341. The van der Waals surface area contributed by atoms with E-state index in [2.05, 4.69) is 43.4 Å². The van der Waals surface area contributed by atoms with Gasteiger partial charge in [-0.2, -0.15) is 0 Å². The molecular formula is C16H25NO. The van der Waals surface area contributed by atoms with Crippen molar-refractivity contribution < 1.29 is 4.74 Å². The Morgan fingerprint density at radius 2 is 2.11 bits per heavy atom. The van der Waals surface area contributed by atoms with Crippen molar-refractivity contribution in [1.82, 2.24) is 5.32 Å². The van der Waals surface area contributed by atoms with Gasteiger partial charge in [0.15, 0.2) is 0 Å². The molecule has 2 atom stereocenters. The van der Waals surface area contributed by atoms with Gasteiger partial charge in [-0.05, 0) is 44.2 Å². The van der Waals surface area contributed by atoms with Crippen LogP contribution < -0.4 is 5.32 Å². The van der Waals surface area contributed by atoms with E-state index < -0.39 is 0 Å². The van der Waals surface area contributed by atoms with Crippen molar-refractivity contribution in [3.05, 3.63) is 35.4 Å². The summed E-state index contributed by atoms with van der Waals surface area (Å²) in [5, 5.41) is 3.68. The Balaban J connectivity index is 2.00. The lowest BCUT2D eigenvalue weighted by Crippen LogP contribution is -2.24. The first-order chi connectivity index (χ1) is 8.79. The van der Waals surface area contributed by atoms with Gasteiger partial charge >= 0.3 is 0 Å². The van der Waals surface area contributed by atoms with E-state index in [-0.39, 0.29) is 0 Å². The molecule has 2 unspecified atom stereocenters. The van der Waals surface area contributed by atoms with Crippen LogP contribution in [0.4, 0.5) is 0 Å². The summed E-state index contributed by atoms with van der Waals surface area (Å²) < 4.78 is 5.49. The van der Waals surface area contributed by atoms with Crippen LogP contribution in [0.25, 0.3) is 0 Å². The molecule has 1 N–H and O–H groups in total. The molecule has 1 heterocycles. The topological polar surface area (TPSA) is 21.3 Å². The van der Waals surface area contributed by atoms with Gasteiger partial charge in [-0.3, -0.25) is 0 Å². The lowest BCUT2D eigenvalue weighted by Gasteiger charge is -2.22. The smallest absolute Gasteiger partial charge is 0.0495 e. The third-order valence-corrected chi connectivity index (χ3v) is 3.71. The lowest BCUT2D eigenvalue weighted by atomic mass is 9.93. The predicted molar refractivity (Wildman–Crippen MR) is 75.8 cm³/mol. The van der Waals surface area contributed by atoms with Gasteiger partial charge in [0.05, 0.1) is 0 Å². The Labute approximate surface area is 111 Å². The van der Waals surface area contributed by atoms with Crippen LogP contribution in [0.15, 0.2) is 24.3 Å². The average Bonchev–Trinajstić information content (AvgIpc) is 2.88. The first-order valence-electron chi connectivity index (χ1n) is 7.17. The van der Waals surface area contributed by atoms with Crippen molar-refractivity contribution in [2.24, 2.45) is 5.92 Å². The fourth-order valence-electron chi connectivity index (χ4n) is 2.56. The van der Waals surface area contributed by atoms with Gasteiger partial charge in [-0.1, -0.05) is 36.8 Å². The molecule has 18 heavy (non-hydrogen) atoms. The van der Waals surface area contributed by atoms with Gasteiger partial charge in [0.25, 0.3) is 0 Å². The Morgan fingerprint density at radius 1 is 1.33 bits per heavy atom. The van der Waals surface area contributed by atoms with Gasteiger partial charge in [-0.15, -0.1) is 0 Å². The first-order valence-corrected chi connectivity index (χ1v) is 7.17. The van der Waals surface area contributed by atoms with Crippen LogP contribution in [0.3, 0.4) is 0 Å². The molecule has 0 aliphatic carbocycles. The minimum atomic E-state index is 0.484. The highest BCUT2D eigenvalue weighted by Crippen LogP contribution is 2.26. The zero-order valence-corrected chi connectivity index (χ0v) is 11.6. The summed E-state index contributed by atoms with van der Waals surface area (Å²) in [4.78, 5) is 0. The van der Waals surface area contributed by atoms with Crippen LogP contribution in [-0.2, 0) is 4.74 Å². The monoisotopic (exact) mass is 247 g/mol. The van der Waals surface area contributed by atoms with E-state index in [9.17, 15) is 0 Å². The number of aryl methyl sites for hydroxylation is 1. The van der Waals surface area contributed by atoms with Crippen LogP contribution in [0.2, 0.25) is 0 Å². The Kier molecular flexibility index (Phi) is 5.21. The minimum Gasteiger partial charge on any atom is -0.381 e. The van der Waals surface area contributed by atoms with Crippen LogP contribution in [-0.4, -0.2) is 19.8 Å². The summed E-state index contributed by atoms with van der Waals surface area (Å²) >= 11 is 0. The summed E-state index contributed by atoms with van der Waals surface area (Å²) in [5.74, 6) is 0.723. The highest BCUT2D eigenvalue weighted by atomic mass is 16.5. The second-order valence-corrected chi connectivity index (χ2v) is 5.38. The van der Waals surface area contributed by atoms with Gasteiger partial charge < -0.3 is 10.1 Å². The SMILES string of the molecule is CCCNC(CC1CCOC1)c1ccc(C)cc1. The van der Waals surface area contributed by atoms with Crippen molar-refractivity contribution in [2.45, 2.75) is 39.2 Å². The minimum absolute atomic E-state index is 0.484. The zero-order chi connectivity index (χ0) is 12.8. The Morgan fingerprint density at radius 3 is 2.72 bits per heavy atom. The summed E-state index contributed by atoms with van der Waals surface area (Å²) in [6, 6.07) is 9.43. The molecule has 2 rings (SSSR count). The maximum absolute atomic E-state index is 5.49. The summed E-state index contributed by atoms with van der Waals surface area (Å²) in [5.41, 5.74) is 2.75. The molecule has 1 aromatic rings. The molecule has 1 aliphatic heterocycles. The number of hydrogen-bond donors (Lipinski definition) is 1. The van der Waals surface area contributed by atoms with Crippen molar-refractivity contribution in [1.29, 1.82) is 0 Å². The lowest BCUT2D eigenvalue weighted by molar-refractivity contribution is 0.181. The molecule has 2 heteroatoms. The van der Waals surface area contributed by atoms with Crippen LogP contribution in [0.1, 0.15) is 43.4 Å². The second kappa shape index (κ2) is 6.91. The maximum atomic E-state index is 5.49. The molecule has 1 saturated heterocycles. The molecule has 1 aromatic carbocycles. The average molecular weight is 247 g/mol. The molecule has 0 aromatic heterocycles. The molecule has 0 bridgehead atoms. The van der Waals surface area contributed by atoms with E-state index in [4.69, 9.17) is 4.74 Å². The van der Waals surface area contributed by atoms with Crippen molar-refractivity contribution in [2.75, 3.05) is 19.8 Å². The summed E-state index contributed by atoms with van der Waals surface area (Å²) in [6.45, 7) is 7.34. The summed E-state index contributed by atoms with van der Waals surface area (Å²) in [6.07, 6.45) is 3.60. The Hall–Kier alpha value is -0.860. The zero-order valence-electron chi connectivity index (χ0n) is 11.6. The molecule has 0 radical (unpaired) electrons. The van der Waals surface area contributed by atoms with E-state index in [0.717, 1.165) is 25.7 Å². The van der Waals surface area contributed by atoms with Crippen molar-refractivity contribution >= 4 is 0 Å². The maximum Gasteiger partial charge on any atom is 0.0495 e. The fraction of sp³-hybridized carbons (Fsp3) is 0.625. The third-order valence-electron chi connectivity index (χ3n) is 3.71.